The number of aromatic nitrogens is 3. The lowest BCUT2D eigenvalue weighted by Gasteiger charge is -2.08. The Morgan fingerprint density at radius 1 is 1.25 bits per heavy atom. The molecule has 0 saturated heterocycles. The van der Waals surface area contributed by atoms with E-state index in [9.17, 15) is 13.6 Å². The van der Waals surface area contributed by atoms with Crippen molar-refractivity contribution in [2.24, 2.45) is 0 Å². The lowest BCUT2D eigenvalue weighted by atomic mass is 10.2. The number of alkyl halides is 2. The highest BCUT2D eigenvalue weighted by molar-refractivity contribution is 5.87. The van der Waals surface area contributed by atoms with Crippen molar-refractivity contribution in [3.8, 4) is 0 Å². The molecule has 0 saturated carbocycles. The molecule has 2 aromatic heterocycles. The molecular weight excluding hydrogens is 264 g/mol. The second-order valence-electron chi connectivity index (χ2n) is 4.41. The number of halogens is 2. The summed E-state index contributed by atoms with van der Waals surface area (Å²) in [7, 11) is 0. The highest BCUT2D eigenvalue weighted by atomic mass is 19.3. The van der Waals surface area contributed by atoms with E-state index in [4.69, 9.17) is 0 Å². The van der Waals surface area contributed by atoms with Gasteiger partial charge in [0.25, 0.3) is 0 Å². The number of rotatable bonds is 4. The van der Waals surface area contributed by atoms with Gasteiger partial charge in [-0.1, -0.05) is 0 Å². The molecule has 4 nitrogen and oxygen atoms in total. The standard InChI is InChI=1S/C14H11F2N3O/c15-14(16)19-6-4-17-13(19)8-18-5-3-11-7-10(9-20)1-2-12(11)18/h1-7,9,14H,8H2. The summed E-state index contributed by atoms with van der Waals surface area (Å²) in [4.78, 5) is 14.7. The van der Waals surface area contributed by atoms with Crippen LogP contribution in [-0.2, 0) is 6.54 Å². The Bertz CT molecular complexity index is 761. The number of carbonyl (C=O) groups is 1. The van der Waals surface area contributed by atoms with Gasteiger partial charge >= 0.3 is 6.55 Å². The van der Waals surface area contributed by atoms with Crippen LogP contribution in [0.25, 0.3) is 10.9 Å². The third-order valence-corrected chi connectivity index (χ3v) is 3.20. The van der Waals surface area contributed by atoms with Gasteiger partial charge in [0.1, 0.15) is 12.1 Å². The molecule has 3 aromatic rings. The summed E-state index contributed by atoms with van der Waals surface area (Å²) in [5, 5.41) is 0.893. The molecule has 0 amide bonds. The first kappa shape index (κ1) is 12.5. The highest BCUT2D eigenvalue weighted by Gasteiger charge is 2.12. The first-order valence-corrected chi connectivity index (χ1v) is 6.03. The van der Waals surface area contributed by atoms with Crippen LogP contribution in [0.15, 0.2) is 42.9 Å². The van der Waals surface area contributed by atoms with E-state index in [2.05, 4.69) is 4.98 Å². The Morgan fingerprint density at radius 2 is 2.10 bits per heavy atom. The van der Waals surface area contributed by atoms with Gasteiger partial charge in [-0.15, -0.1) is 0 Å². The van der Waals surface area contributed by atoms with Crippen molar-refractivity contribution in [2.75, 3.05) is 0 Å². The van der Waals surface area contributed by atoms with E-state index < -0.39 is 6.55 Å². The minimum atomic E-state index is -2.60. The van der Waals surface area contributed by atoms with Gasteiger partial charge in [-0.2, -0.15) is 8.78 Å². The zero-order chi connectivity index (χ0) is 14.1. The van der Waals surface area contributed by atoms with Crippen LogP contribution in [0.4, 0.5) is 8.78 Å². The van der Waals surface area contributed by atoms with Gasteiger partial charge in [-0.25, -0.2) is 4.98 Å². The first-order chi connectivity index (χ1) is 9.69. The summed E-state index contributed by atoms with van der Waals surface area (Å²) in [6, 6.07) is 7.11. The van der Waals surface area contributed by atoms with Crippen LogP contribution in [0.2, 0.25) is 0 Å². The predicted octanol–water partition coefficient (Wildman–Crippen LogP) is 3.09. The second kappa shape index (κ2) is 4.88. The van der Waals surface area contributed by atoms with Crippen LogP contribution >= 0.6 is 0 Å². The zero-order valence-corrected chi connectivity index (χ0v) is 10.4. The van der Waals surface area contributed by atoms with Gasteiger partial charge in [-0.05, 0) is 24.3 Å². The van der Waals surface area contributed by atoms with Crippen molar-refractivity contribution in [1.82, 2.24) is 14.1 Å². The summed E-state index contributed by atoms with van der Waals surface area (Å²) >= 11 is 0. The second-order valence-corrected chi connectivity index (χ2v) is 4.41. The fraction of sp³-hybridized carbons (Fsp3) is 0.143. The average molecular weight is 275 g/mol. The SMILES string of the molecule is O=Cc1ccc2c(ccn2Cc2nccn2C(F)F)c1. The van der Waals surface area contributed by atoms with E-state index >= 15 is 0 Å². The smallest absolute Gasteiger partial charge is 0.319 e. The lowest BCUT2D eigenvalue weighted by molar-refractivity contribution is 0.0667. The molecule has 6 heteroatoms. The summed E-state index contributed by atoms with van der Waals surface area (Å²) in [5.74, 6) is 0.289. The van der Waals surface area contributed by atoms with E-state index in [1.54, 1.807) is 24.4 Å². The molecule has 0 aliphatic carbocycles. The molecule has 0 aliphatic heterocycles. The van der Waals surface area contributed by atoms with Gasteiger partial charge in [0.15, 0.2) is 0 Å². The molecule has 0 aliphatic rings. The first-order valence-electron chi connectivity index (χ1n) is 6.03. The largest absolute Gasteiger partial charge is 0.340 e. The lowest BCUT2D eigenvalue weighted by Crippen LogP contribution is -2.08. The van der Waals surface area contributed by atoms with Gasteiger partial charge in [-0.3, -0.25) is 9.36 Å². The third-order valence-electron chi connectivity index (χ3n) is 3.20. The molecule has 0 N–H and O–H groups in total. The monoisotopic (exact) mass is 275 g/mol. The Kier molecular flexibility index (Phi) is 3.06. The van der Waals surface area contributed by atoms with E-state index in [1.807, 2.05) is 10.6 Å². The Morgan fingerprint density at radius 3 is 2.85 bits per heavy atom. The number of aldehydes is 1. The summed E-state index contributed by atoms with van der Waals surface area (Å²) in [5.41, 5.74) is 1.46. The number of nitrogens with zero attached hydrogens (tertiary/aromatic N) is 3. The Labute approximate surface area is 113 Å². The van der Waals surface area contributed by atoms with Crippen LogP contribution in [-0.4, -0.2) is 20.4 Å². The number of hydrogen-bond acceptors (Lipinski definition) is 2. The normalized spacial score (nSPS) is 11.3. The number of imidazole rings is 1. The zero-order valence-electron chi connectivity index (χ0n) is 10.4. The maximum absolute atomic E-state index is 12.8. The maximum Gasteiger partial charge on any atom is 0.319 e. The molecule has 0 unspecified atom stereocenters. The van der Waals surface area contributed by atoms with Crippen molar-refractivity contribution in [1.29, 1.82) is 0 Å². The van der Waals surface area contributed by atoms with Crippen molar-refractivity contribution in [3.63, 3.8) is 0 Å². The van der Waals surface area contributed by atoms with Crippen LogP contribution in [0.3, 0.4) is 0 Å². The summed E-state index contributed by atoms with van der Waals surface area (Å²) < 4.78 is 28.2. The van der Waals surface area contributed by atoms with Crippen LogP contribution in [0, 0.1) is 0 Å². The fourth-order valence-electron chi connectivity index (χ4n) is 2.23. The number of carbonyl (C=O) groups excluding carboxylic acids is 1. The average Bonchev–Trinajstić information content (AvgIpc) is 3.06. The molecule has 3 rings (SSSR count). The molecular formula is C14H11F2N3O. The topological polar surface area (TPSA) is 39.8 Å². The molecule has 0 fully saturated rings. The van der Waals surface area contributed by atoms with Gasteiger partial charge < -0.3 is 4.57 Å². The van der Waals surface area contributed by atoms with Crippen LogP contribution in [0.5, 0.6) is 0 Å². The fourth-order valence-corrected chi connectivity index (χ4v) is 2.23. The molecule has 0 radical (unpaired) electrons. The predicted molar refractivity (Wildman–Crippen MR) is 69.9 cm³/mol. The minimum Gasteiger partial charge on any atom is -0.340 e. The van der Waals surface area contributed by atoms with E-state index in [0.29, 0.717) is 5.56 Å². The van der Waals surface area contributed by atoms with Crippen molar-refractivity contribution >= 4 is 17.2 Å². The maximum atomic E-state index is 12.8. The Hall–Kier alpha value is -2.50. The number of hydrogen-bond donors (Lipinski definition) is 0. The summed E-state index contributed by atoms with van der Waals surface area (Å²) in [6.07, 6.45) is 5.19. The number of benzene rings is 1. The van der Waals surface area contributed by atoms with E-state index in [1.165, 1.54) is 12.4 Å². The van der Waals surface area contributed by atoms with E-state index in [0.717, 1.165) is 21.8 Å². The molecule has 0 bridgehead atoms. The molecule has 20 heavy (non-hydrogen) atoms. The summed E-state index contributed by atoms with van der Waals surface area (Å²) in [6.45, 7) is -2.35. The van der Waals surface area contributed by atoms with Crippen molar-refractivity contribution < 1.29 is 13.6 Å². The number of fused-ring (bicyclic) bond motifs is 1. The van der Waals surface area contributed by atoms with Crippen LogP contribution in [0.1, 0.15) is 22.7 Å². The molecule has 1 aromatic carbocycles. The van der Waals surface area contributed by atoms with Gasteiger partial charge in [0, 0.05) is 35.1 Å². The quantitative estimate of drug-likeness (QED) is 0.686. The van der Waals surface area contributed by atoms with Crippen molar-refractivity contribution in [2.45, 2.75) is 13.1 Å². The van der Waals surface area contributed by atoms with Gasteiger partial charge in [0.2, 0.25) is 0 Å². The minimum absolute atomic E-state index is 0.251. The third kappa shape index (κ3) is 2.09. The highest BCUT2D eigenvalue weighted by Crippen LogP contribution is 2.19. The molecule has 102 valence electrons. The molecule has 0 spiro atoms. The molecule has 2 heterocycles. The van der Waals surface area contributed by atoms with Crippen LogP contribution < -0.4 is 0 Å². The van der Waals surface area contributed by atoms with E-state index in [-0.39, 0.29) is 12.4 Å². The van der Waals surface area contributed by atoms with Gasteiger partial charge in [0.05, 0.1) is 6.54 Å². The van der Waals surface area contributed by atoms with Crippen molar-refractivity contribution in [3.05, 3.63) is 54.2 Å². The molecule has 0 atom stereocenters. The Balaban J connectivity index is 1.99.